The number of rotatable bonds is 0. The average Bonchev–Trinajstić information content (AvgIpc) is 1.93. The van der Waals surface area contributed by atoms with Crippen LogP contribution in [0.4, 0.5) is 4.48 Å². The van der Waals surface area contributed by atoms with Gasteiger partial charge in [0.05, 0.1) is 0 Å². The van der Waals surface area contributed by atoms with Gasteiger partial charge in [-0.15, -0.1) is 4.79 Å². The van der Waals surface area contributed by atoms with Gasteiger partial charge in [-0.1, -0.05) is 4.48 Å². The van der Waals surface area contributed by atoms with Gasteiger partial charge < -0.3 is 0 Å². The molecule has 0 aliphatic carbocycles. The van der Waals surface area contributed by atoms with E-state index in [9.17, 15) is 9.28 Å². The molecule has 1 aromatic heterocycles. The van der Waals surface area contributed by atoms with Crippen LogP contribution in [0.5, 0.6) is 0 Å². The first-order valence-corrected chi connectivity index (χ1v) is 2.84. The van der Waals surface area contributed by atoms with Crippen molar-refractivity contribution in [1.29, 1.82) is 0 Å². The second kappa shape index (κ2) is 2.21. The van der Waals surface area contributed by atoms with E-state index in [0.29, 0.717) is 5.56 Å². The molecule has 1 aromatic rings. The highest BCUT2D eigenvalue weighted by atomic mass is 19.2. The number of aryl methyl sites for hydroxylation is 2. The summed E-state index contributed by atoms with van der Waals surface area (Å²) in [6.07, 6.45) is 1.35. The maximum absolute atomic E-state index is 12.5. The Morgan fingerprint density at radius 1 is 1.60 bits per heavy atom. The fourth-order valence-electron chi connectivity index (χ4n) is 0.598. The fourth-order valence-corrected chi connectivity index (χ4v) is 0.598. The quantitative estimate of drug-likeness (QED) is 0.531. The lowest BCUT2D eigenvalue weighted by Gasteiger charge is -1.96. The Bertz CT molecular complexity index is 305. The number of hydrogen-bond donors (Lipinski definition) is 0. The molecule has 10 heavy (non-hydrogen) atoms. The summed E-state index contributed by atoms with van der Waals surface area (Å²) in [6, 6.07) is 0. The summed E-state index contributed by atoms with van der Waals surface area (Å²) in [4.78, 5) is 14.4. The lowest BCUT2D eigenvalue weighted by atomic mass is 10.4. The first-order valence-electron chi connectivity index (χ1n) is 2.84. The second-order valence-corrected chi connectivity index (χ2v) is 2.07. The van der Waals surface area contributed by atoms with Crippen LogP contribution in [0.2, 0.25) is 0 Å². The van der Waals surface area contributed by atoms with E-state index >= 15 is 0 Å². The van der Waals surface area contributed by atoms with Gasteiger partial charge in [-0.3, -0.25) is 4.79 Å². The summed E-state index contributed by atoms with van der Waals surface area (Å²) < 4.78 is 12.5. The zero-order chi connectivity index (χ0) is 7.72. The van der Waals surface area contributed by atoms with Crippen molar-refractivity contribution in [2.24, 2.45) is 0 Å². The van der Waals surface area contributed by atoms with Gasteiger partial charge in [0.15, 0.2) is 0 Å². The van der Waals surface area contributed by atoms with Crippen molar-refractivity contribution in [3.05, 3.63) is 27.9 Å². The van der Waals surface area contributed by atoms with E-state index in [4.69, 9.17) is 0 Å². The Balaban J connectivity index is 3.50. The van der Waals surface area contributed by atoms with Crippen LogP contribution in [0.3, 0.4) is 0 Å². The highest BCUT2D eigenvalue weighted by Gasteiger charge is 2.00. The van der Waals surface area contributed by atoms with Crippen LogP contribution in [-0.2, 0) is 0 Å². The van der Waals surface area contributed by atoms with Crippen molar-refractivity contribution >= 4 is 0 Å². The van der Waals surface area contributed by atoms with Gasteiger partial charge in [-0.2, -0.15) is 0 Å². The molecule has 54 valence electrons. The predicted octanol–water partition coefficient (Wildman–Crippen LogP) is 0.593. The third kappa shape index (κ3) is 0.920. The monoisotopic (exact) mass is 142 g/mol. The Hall–Kier alpha value is -1.19. The van der Waals surface area contributed by atoms with Gasteiger partial charge in [0.1, 0.15) is 5.82 Å². The average molecular weight is 142 g/mol. The van der Waals surface area contributed by atoms with Crippen LogP contribution in [-0.4, -0.2) is 9.77 Å². The van der Waals surface area contributed by atoms with E-state index in [-0.39, 0.29) is 10.6 Å². The van der Waals surface area contributed by atoms with Crippen molar-refractivity contribution in [2.75, 3.05) is 0 Å². The molecule has 0 atom stereocenters. The smallest absolute Gasteiger partial charge is 0.266 e. The van der Waals surface area contributed by atoms with Gasteiger partial charge in [0, 0.05) is 11.8 Å². The van der Waals surface area contributed by atoms with Gasteiger partial charge in [0.2, 0.25) is 0 Å². The first kappa shape index (κ1) is 6.92. The van der Waals surface area contributed by atoms with Crippen molar-refractivity contribution in [3.8, 4) is 0 Å². The number of halogens is 1. The van der Waals surface area contributed by atoms with E-state index in [2.05, 4.69) is 4.98 Å². The van der Waals surface area contributed by atoms with Crippen LogP contribution < -0.4 is 5.56 Å². The Labute approximate surface area is 57.1 Å². The second-order valence-electron chi connectivity index (χ2n) is 2.07. The summed E-state index contributed by atoms with van der Waals surface area (Å²) >= 11 is 0. The Morgan fingerprint density at radius 3 is 2.70 bits per heavy atom. The standard InChI is InChI=1S/C6H7FN2O/c1-4-3-8-5(2)9(7)6(4)10/h3H,1-2H3. The zero-order valence-corrected chi connectivity index (χ0v) is 5.76. The summed E-state index contributed by atoms with van der Waals surface area (Å²) in [5.74, 6) is 0.0793. The molecule has 0 aromatic carbocycles. The van der Waals surface area contributed by atoms with Gasteiger partial charge in [0.25, 0.3) is 5.56 Å². The molecule has 0 aliphatic heterocycles. The fraction of sp³-hybridized carbons (Fsp3) is 0.333. The molecule has 3 nitrogen and oxygen atoms in total. The predicted molar refractivity (Wildman–Crippen MR) is 34.5 cm³/mol. The molecule has 0 amide bonds. The first-order chi connectivity index (χ1) is 4.63. The summed E-state index contributed by atoms with van der Waals surface area (Å²) in [5.41, 5.74) is -0.319. The van der Waals surface area contributed by atoms with E-state index in [0.717, 1.165) is 0 Å². The summed E-state index contributed by atoms with van der Waals surface area (Å²) in [5, 5.41) is 0. The van der Waals surface area contributed by atoms with Crippen molar-refractivity contribution < 1.29 is 4.48 Å². The van der Waals surface area contributed by atoms with E-state index in [1.165, 1.54) is 20.0 Å². The minimum atomic E-state index is -0.632. The van der Waals surface area contributed by atoms with Crippen LogP contribution in [0.1, 0.15) is 11.4 Å². The van der Waals surface area contributed by atoms with E-state index < -0.39 is 5.56 Å². The maximum atomic E-state index is 12.5. The zero-order valence-electron chi connectivity index (χ0n) is 5.76. The molecule has 4 heteroatoms. The van der Waals surface area contributed by atoms with Crippen molar-refractivity contribution in [2.45, 2.75) is 13.8 Å². The molecule has 0 saturated heterocycles. The normalized spacial score (nSPS) is 9.90. The lowest BCUT2D eigenvalue weighted by molar-refractivity contribution is 0.332. The Kier molecular flexibility index (Phi) is 1.53. The maximum Gasteiger partial charge on any atom is 0.284 e. The highest BCUT2D eigenvalue weighted by molar-refractivity contribution is 5.02. The molecule has 0 fully saturated rings. The van der Waals surface area contributed by atoms with Crippen LogP contribution in [0.15, 0.2) is 11.0 Å². The van der Waals surface area contributed by atoms with Crippen LogP contribution >= 0.6 is 0 Å². The molecule has 0 bridgehead atoms. The number of aromatic nitrogens is 2. The minimum absolute atomic E-state index is 0.0370. The minimum Gasteiger partial charge on any atom is -0.266 e. The third-order valence-corrected chi connectivity index (χ3v) is 1.24. The molecule has 1 rings (SSSR count). The SMILES string of the molecule is Cc1cnc(C)n(F)c1=O. The van der Waals surface area contributed by atoms with E-state index in [1.807, 2.05) is 0 Å². The van der Waals surface area contributed by atoms with Crippen molar-refractivity contribution in [3.63, 3.8) is 0 Å². The number of nitrogens with zero attached hydrogens (tertiary/aromatic N) is 2. The van der Waals surface area contributed by atoms with Crippen molar-refractivity contribution in [1.82, 2.24) is 9.77 Å². The summed E-state index contributed by atoms with van der Waals surface area (Å²) in [7, 11) is 0. The van der Waals surface area contributed by atoms with Crippen LogP contribution in [0, 0.1) is 13.8 Å². The topological polar surface area (TPSA) is 34.9 Å². The van der Waals surface area contributed by atoms with Gasteiger partial charge in [-0.05, 0) is 13.8 Å². The molecule has 0 saturated carbocycles. The third-order valence-electron chi connectivity index (χ3n) is 1.24. The lowest BCUT2D eigenvalue weighted by Crippen LogP contribution is -2.19. The molecule has 0 unspecified atom stereocenters. The highest BCUT2D eigenvalue weighted by Crippen LogP contribution is 1.90. The van der Waals surface area contributed by atoms with Gasteiger partial charge >= 0.3 is 0 Å². The Morgan fingerprint density at radius 2 is 2.20 bits per heavy atom. The summed E-state index contributed by atoms with van der Waals surface area (Å²) in [6.45, 7) is 2.95. The molecule has 1 heterocycles. The largest absolute Gasteiger partial charge is 0.284 e. The number of hydrogen-bond acceptors (Lipinski definition) is 2. The molecular formula is C6H7FN2O. The van der Waals surface area contributed by atoms with E-state index in [1.54, 1.807) is 0 Å². The molecule has 0 radical (unpaired) electrons. The molecular weight excluding hydrogens is 135 g/mol. The molecule has 0 N–H and O–H groups in total. The van der Waals surface area contributed by atoms with Crippen LogP contribution in [0.25, 0.3) is 0 Å². The molecule has 0 spiro atoms. The molecule has 0 aliphatic rings. The van der Waals surface area contributed by atoms with Gasteiger partial charge in [-0.25, -0.2) is 4.98 Å².